The summed E-state index contributed by atoms with van der Waals surface area (Å²) in [5, 5.41) is 0. The van der Waals surface area contributed by atoms with Crippen molar-refractivity contribution in [2.75, 3.05) is 13.3 Å². The van der Waals surface area contributed by atoms with Gasteiger partial charge < -0.3 is 9.47 Å². The van der Waals surface area contributed by atoms with Crippen LogP contribution in [-0.4, -0.2) is 19.4 Å². The minimum absolute atomic E-state index is 0.262. The fourth-order valence-electron chi connectivity index (χ4n) is 1.37. The van der Waals surface area contributed by atoms with E-state index >= 15 is 0 Å². The standard InChI is InChI=1S/C10H8BrNO3/c11-8-4-10-9(14-6-15-10)3-7(8)1-2-12-5-13/h3-4H,1-2,6H2. The summed E-state index contributed by atoms with van der Waals surface area (Å²) in [4.78, 5) is 13.4. The van der Waals surface area contributed by atoms with E-state index in [4.69, 9.17) is 9.47 Å². The number of hydrogen-bond acceptors (Lipinski definition) is 4. The summed E-state index contributed by atoms with van der Waals surface area (Å²) in [6, 6.07) is 3.76. The van der Waals surface area contributed by atoms with E-state index in [0.717, 1.165) is 21.5 Å². The van der Waals surface area contributed by atoms with Crippen LogP contribution in [0.2, 0.25) is 0 Å². The number of ether oxygens (including phenoxy) is 2. The molecule has 15 heavy (non-hydrogen) atoms. The zero-order chi connectivity index (χ0) is 10.7. The molecule has 0 radical (unpaired) electrons. The Kier molecular flexibility index (Phi) is 3.04. The molecule has 4 nitrogen and oxygen atoms in total. The van der Waals surface area contributed by atoms with Crippen molar-refractivity contribution >= 4 is 22.0 Å². The first-order valence-corrected chi connectivity index (χ1v) is 5.22. The van der Waals surface area contributed by atoms with Gasteiger partial charge in [-0.05, 0) is 24.1 Å². The second-order valence-corrected chi connectivity index (χ2v) is 3.87. The molecule has 0 saturated heterocycles. The summed E-state index contributed by atoms with van der Waals surface area (Å²) >= 11 is 3.43. The average molecular weight is 270 g/mol. The van der Waals surface area contributed by atoms with E-state index in [0.29, 0.717) is 13.0 Å². The highest BCUT2D eigenvalue weighted by molar-refractivity contribution is 9.10. The van der Waals surface area contributed by atoms with E-state index in [-0.39, 0.29) is 6.79 Å². The molecule has 0 amide bonds. The molecule has 0 unspecified atom stereocenters. The van der Waals surface area contributed by atoms with Gasteiger partial charge in [-0.15, -0.1) is 0 Å². The third-order valence-corrected chi connectivity index (χ3v) is 2.84. The number of fused-ring (bicyclic) bond motifs is 1. The second-order valence-electron chi connectivity index (χ2n) is 3.02. The van der Waals surface area contributed by atoms with Crippen molar-refractivity contribution in [1.29, 1.82) is 0 Å². The molecule has 0 bridgehead atoms. The summed E-state index contributed by atoms with van der Waals surface area (Å²) in [7, 11) is 0. The Balaban J connectivity index is 2.20. The summed E-state index contributed by atoms with van der Waals surface area (Å²) < 4.78 is 11.4. The number of aliphatic imine (C=N–C) groups is 1. The van der Waals surface area contributed by atoms with Gasteiger partial charge in [-0.1, -0.05) is 15.9 Å². The van der Waals surface area contributed by atoms with E-state index in [1.807, 2.05) is 12.1 Å². The van der Waals surface area contributed by atoms with Crippen LogP contribution in [0.1, 0.15) is 5.56 Å². The van der Waals surface area contributed by atoms with Gasteiger partial charge in [0.2, 0.25) is 12.9 Å². The molecular formula is C10H8BrNO3. The molecule has 0 atom stereocenters. The monoisotopic (exact) mass is 269 g/mol. The molecule has 0 saturated carbocycles. The largest absolute Gasteiger partial charge is 0.454 e. The minimum Gasteiger partial charge on any atom is -0.454 e. The minimum atomic E-state index is 0.262. The van der Waals surface area contributed by atoms with Crippen LogP contribution in [0.4, 0.5) is 0 Å². The Hall–Kier alpha value is -1.32. The first kappa shape index (κ1) is 10.2. The fourth-order valence-corrected chi connectivity index (χ4v) is 1.89. The summed E-state index contributed by atoms with van der Waals surface area (Å²) in [5.74, 6) is 1.48. The molecule has 1 aromatic rings. The van der Waals surface area contributed by atoms with Crippen molar-refractivity contribution in [3.8, 4) is 11.5 Å². The highest BCUT2D eigenvalue weighted by atomic mass is 79.9. The van der Waals surface area contributed by atoms with Crippen LogP contribution in [0.3, 0.4) is 0 Å². The second kappa shape index (κ2) is 4.47. The highest BCUT2D eigenvalue weighted by Crippen LogP contribution is 2.36. The van der Waals surface area contributed by atoms with Crippen molar-refractivity contribution in [2.45, 2.75) is 6.42 Å². The van der Waals surface area contributed by atoms with Crippen LogP contribution in [0.5, 0.6) is 11.5 Å². The van der Waals surface area contributed by atoms with Crippen LogP contribution in [-0.2, 0) is 11.2 Å². The maximum absolute atomic E-state index is 9.92. The predicted molar refractivity (Wildman–Crippen MR) is 57.0 cm³/mol. The van der Waals surface area contributed by atoms with Gasteiger partial charge in [0.25, 0.3) is 0 Å². The molecule has 0 fully saturated rings. The summed E-state index contributed by atoms with van der Waals surface area (Å²) in [6.07, 6.45) is 2.19. The predicted octanol–water partition coefficient (Wildman–Crippen LogP) is 2.06. The van der Waals surface area contributed by atoms with Gasteiger partial charge in [0.1, 0.15) is 0 Å². The third-order valence-electron chi connectivity index (χ3n) is 2.10. The van der Waals surface area contributed by atoms with Gasteiger partial charge in [-0.3, -0.25) is 0 Å². The topological polar surface area (TPSA) is 47.9 Å². The molecule has 78 valence electrons. The number of hydrogen-bond donors (Lipinski definition) is 0. The third kappa shape index (κ3) is 2.19. The highest BCUT2D eigenvalue weighted by Gasteiger charge is 2.15. The smallest absolute Gasteiger partial charge is 0.234 e. The molecule has 1 aliphatic rings. The Morgan fingerprint density at radius 2 is 2.13 bits per heavy atom. The Morgan fingerprint density at radius 3 is 2.87 bits per heavy atom. The molecule has 0 aromatic heterocycles. The van der Waals surface area contributed by atoms with Crippen molar-refractivity contribution in [3.63, 3.8) is 0 Å². The van der Waals surface area contributed by atoms with Gasteiger partial charge in [-0.2, -0.15) is 0 Å². The number of carbonyl (C=O) groups excluding carboxylic acids is 1. The quantitative estimate of drug-likeness (QED) is 0.624. The van der Waals surface area contributed by atoms with Gasteiger partial charge in [0.05, 0.1) is 6.54 Å². The molecule has 1 aromatic carbocycles. The molecule has 1 heterocycles. The lowest BCUT2D eigenvalue weighted by atomic mass is 10.1. The molecule has 5 heteroatoms. The van der Waals surface area contributed by atoms with Crippen LogP contribution in [0, 0.1) is 0 Å². The van der Waals surface area contributed by atoms with Crippen molar-refractivity contribution in [1.82, 2.24) is 0 Å². The SMILES string of the molecule is O=C=NCCc1cc2c(cc1Br)OCO2. The number of benzene rings is 1. The van der Waals surface area contributed by atoms with E-state index in [1.54, 1.807) is 0 Å². The Labute approximate surface area is 95.0 Å². The van der Waals surface area contributed by atoms with Crippen LogP contribution in [0.25, 0.3) is 0 Å². The Morgan fingerprint density at radius 1 is 1.40 bits per heavy atom. The van der Waals surface area contributed by atoms with E-state index < -0.39 is 0 Å². The molecule has 0 aliphatic carbocycles. The first-order valence-electron chi connectivity index (χ1n) is 4.43. The number of halogens is 1. The van der Waals surface area contributed by atoms with Gasteiger partial charge in [0, 0.05) is 4.47 Å². The molecule has 0 spiro atoms. The number of rotatable bonds is 3. The lowest BCUT2D eigenvalue weighted by molar-refractivity contribution is 0.174. The maximum Gasteiger partial charge on any atom is 0.234 e. The molecular weight excluding hydrogens is 262 g/mol. The first-order chi connectivity index (χ1) is 7.31. The summed E-state index contributed by atoms with van der Waals surface area (Å²) in [6.45, 7) is 0.694. The maximum atomic E-state index is 9.92. The van der Waals surface area contributed by atoms with Crippen LogP contribution < -0.4 is 9.47 Å². The zero-order valence-corrected chi connectivity index (χ0v) is 9.41. The van der Waals surface area contributed by atoms with Gasteiger partial charge in [0.15, 0.2) is 11.5 Å². The summed E-state index contributed by atoms with van der Waals surface area (Å²) in [5.41, 5.74) is 1.04. The van der Waals surface area contributed by atoms with Crippen molar-refractivity contribution < 1.29 is 14.3 Å². The zero-order valence-electron chi connectivity index (χ0n) is 7.83. The Bertz CT molecular complexity index is 427. The van der Waals surface area contributed by atoms with Crippen molar-refractivity contribution in [3.05, 3.63) is 22.2 Å². The van der Waals surface area contributed by atoms with E-state index in [2.05, 4.69) is 20.9 Å². The molecule has 2 rings (SSSR count). The van der Waals surface area contributed by atoms with E-state index in [1.165, 1.54) is 6.08 Å². The average Bonchev–Trinajstić information content (AvgIpc) is 2.65. The van der Waals surface area contributed by atoms with Gasteiger partial charge >= 0.3 is 0 Å². The number of nitrogens with zero attached hydrogens (tertiary/aromatic N) is 1. The number of isocyanates is 1. The van der Waals surface area contributed by atoms with Crippen LogP contribution >= 0.6 is 15.9 Å². The normalized spacial score (nSPS) is 12.3. The van der Waals surface area contributed by atoms with Crippen molar-refractivity contribution in [2.24, 2.45) is 4.99 Å². The molecule has 0 N–H and O–H groups in total. The van der Waals surface area contributed by atoms with Gasteiger partial charge in [-0.25, -0.2) is 9.79 Å². The lowest BCUT2D eigenvalue weighted by Gasteiger charge is -2.03. The van der Waals surface area contributed by atoms with Crippen LogP contribution in [0.15, 0.2) is 21.6 Å². The lowest BCUT2D eigenvalue weighted by Crippen LogP contribution is -1.93. The fraction of sp³-hybridized carbons (Fsp3) is 0.300. The van der Waals surface area contributed by atoms with E-state index in [9.17, 15) is 4.79 Å². The molecule has 1 aliphatic heterocycles.